The number of ether oxygens (including phenoxy) is 1. The van der Waals surface area contributed by atoms with Crippen molar-refractivity contribution in [1.29, 1.82) is 0 Å². The minimum Gasteiger partial charge on any atom is -0.497 e. The van der Waals surface area contributed by atoms with Crippen molar-refractivity contribution in [2.45, 2.75) is 19.8 Å². The molecule has 0 bridgehead atoms. The largest absolute Gasteiger partial charge is 0.497 e. The molecule has 0 aromatic heterocycles. The number of carbonyl (C=O) groups is 2. The highest BCUT2D eigenvalue weighted by molar-refractivity contribution is 5.94. The van der Waals surface area contributed by atoms with Gasteiger partial charge < -0.3 is 14.7 Å². The monoisotopic (exact) mass is 295 g/mol. The molecule has 114 valence electrons. The van der Waals surface area contributed by atoms with E-state index in [4.69, 9.17) is 9.84 Å². The van der Waals surface area contributed by atoms with Crippen molar-refractivity contribution in [2.24, 2.45) is 5.41 Å². The van der Waals surface area contributed by atoms with Crippen LogP contribution in [0.15, 0.2) is 18.2 Å². The molecule has 0 atom stereocenters. The Morgan fingerprint density at radius 1 is 1.33 bits per heavy atom. The van der Waals surface area contributed by atoms with Crippen LogP contribution in [0.2, 0.25) is 0 Å². The number of likely N-dealkylation sites (tertiary alicyclic amines) is 1. The first-order chi connectivity index (χ1) is 9.87. The van der Waals surface area contributed by atoms with Gasteiger partial charge in [-0.3, -0.25) is 9.59 Å². The molecule has 0 radical (unpaired) electrons. The number of nitrogens with zero attached hydrogens (tertiary/aromatic N) is 1. The summed E-state index contributed by atoms with van der Waals surface area (Å²) in [5.74, 6) is -1.56. The first-order valence-corrected chi connectivity index (χ1v) is 6.73. The van der Waals surface area contributed by atoms with Crippen LogP contribution in [0, 0.1) is 11.2 Å². The number of benzene rings is 1. The van der Waals surface area contributed by atoms with Crippen molar-refractivity contribution in [3.8, 4) is 5.75 Å². The number of hydrogen-bond donors (Lipinski definition) is 1. The van der Waals surface area contributed by atoms with E-state index in [-0.39, 0.29) is 5.56 Å². The molecule has 6 heteroatoms. The van der Waals surface area contributed by atoms with Crippen molar-refractivity contribution in [2.75, 3.05) is 20.2 Å². The average Bonchev–Trinajstić information content (AvgIpc) is 2.47. The number of piperidine rings is 1. The Labute approximate surface area is 122 Å². The SMILES string of the molecule is COc1ccc(C(=O)N2CCC(C)(C(=O)O)CC2)c(F)c1. The standard InChI is InChI=1S/C15H18FNO4/c1-15(14(19)20)5-7-17(8-6-15)13(18)11-4-3-10(21-2)9-12(11)16/h3-4,9H,5-8H2,1-2H3,(H,19,20). The maximum atomic E-state index is 13.9. The van der Waals surface area contributed by atoms with E-state index in [9.17, 15) is 14.0 Å². The molecule has 1 aromatic carbocycles. The maximum Gasteiger partial charge on any atom is 0.309 e. The summed E-state index contributed by atoms with van der Waals surface area (Å²) in [5.41, 5.74) is -0.829. The number of methoxy groups -OCH3 is 1. The molecule has 1 aliphatic heterocycles. The van der Waals surface area contributed by atoms with E-state index in [2.05, 4.69) is 0 Å². The van der Waals surface area contributed by atoms with Crippen LogP contribution in [0.5, 0.6) is 5.75 Å². The maximum absolute atomic E-state index is 13.9. The van der Waals surface area contributed by atoms with Gasteiger partial charge in [0.15, 0.2) is 0 Å². The summed E-state index contributed by atoms with van der Waals surface area (Å²) in [6.07, 6.45) is 0.734. The summed E-state index contributed by atoms with van der Waals surface area (Å²) in [6.45, 7) is 2.30. The normalized spacial score (nSPS) is 17.4. The molecular formula is C15H18FNO4. The Kier molecular flexibility index (Phi) is 4.16. The molecule has 1 N–H and O–H groups in total. The van der Waals surface area contributed by atoms with E-state index < -0.39 is 23.1 Å². The van der Waals surface area contributed by atoms with Crippen LogP contribution in [0.25, 0.3) is 0 Å². The van der Waals surface area contributed by atoms with Crippen LogP contribution in [0.1, 0.15) is 30.1 Å². The fraction of sp³-hybridized carbons (Fsp3) is 0.467. The van der Waals surface area contributed by atoms with Crippen LogP contribution in [0.3, 0.4) is 0 Å². The van der Waals surface area contributed by atoms with Gasteiger partial charge in [-0.25, -0.2) is 4.39 Å². The van der Waals surface area contributed by atoms with Crippen LogP contribution >= 0.6 is 0 Å². The lowest BCUT2D eigenvalue weighted by Crippen LogP contribution is -2.45. The Morgan fingerprint density at radius 3 is 2.43 bits per heavy atom. The van der Waals surface area contributed by atoms with Crippen molar-refractivity contribution < 1.29 is 23.8 Å². The van der Waals surface area contributed by atoms with Gasteiger partial charge in [-0.1, -0.05) is 0 Å². The van der Waals surface area contributed by atoms with Gasteiger partial charge in [0, 0.05) is 19.2 Å². The van der Waals surface area contributed by atoms with Crippen molar-refractivity contribution in [3.63, 3.8) is 0 Å². The molecule has 1 aliphatic rings. The van der Waals surface area contributed by atoms with Crippen molar-refractivity contribution >= 4 is 11.9 Å². The summed E-state index contributed by atoms with van der Waals surface area (Å²) in [7, 11) is 1.42. The zero-order valence-corrected chi connectivity index (χ0v) is 12.1. The Morgan fingerprint density at radius 2 is 1.95 bits per heavy atom. The highest BCUT2D eigenvalue weighted by Gasteiger charge is 2.38. The molecule has 0 unspecified atom stereocenters. The molecule has 1 amide bonds. The fourth-order valence-electron chi connectivity index (χ4n) is 2.38. The van der Waals surface area contributed by atoms with Gasteiger partial charge in [0.25, 0.3) is 5.91 Å². The van der Waals surface area contributed by atoms with Crippen molar-refractivity contribution in [1.82, 2.24) is 4.90 Å². The lowest BCUT2D eigenvalue weighted by Gasteiger charge is -2.36. The van der Waals surface area contributed by atoms with E-state index in [1.807, 2.05) is 0 Å². The molecular weight excluding hydrogens is 277 g/mol. The quantitative estimate of drug-likeness (QED) is 0.928. The molecule has 1 heterocycles. The van der Waals surface area contributed by atoms with Gasteiger partial charge in [-0.2, -0.15) is 0 Å². The number of carboxylic acid groups (broad SMARTS) is 1. The Balaban J connectivity index is 2.10. The second kappa shape index (κ2) is 5.71. The van der Waals surface area contributed by atoms with Gasteiger partial charge in [0.2, 0.25) is 0 Å². The first-order valence-electron chi connectivity index (χ1n) is 6.73. The topological polar surface area (TPSA) is 66.8 Å². The van der Waals surface area contributed by atoms with E-state index in [0.29, 0.717) is 31.7 Å². The third kappa shape index (κ3) is 2.99. The number of hydrogen-bond acceptors (Lipinski definition) is 3. The van der Waals surface area contributed by atoms with E-state index in [1.54, 1.807) is 6.92 Å². The second-order valence-corrected chi connectivity index (χ2v) is 5.50. The molecule has 2 rings (SSSR count). The van der Waals surface area contributed by atoms with Crippen LogP contribution in [-0.4, -0.2) is 42.1 Å². The van der Waals surface area contributed by atoms with Crippen molar-refractivity contribution in [3.05, 3.63) is 29.6 Å². The minimum atomic E-state index is -0.856. The third-order valence-corrected chi connectivity index (χ3v) is 4.08. The van der Waals surface area contributed by atoms with Gasteiger partial charge in [0.05, 0.1) is 18.1 Å². The molecule has 5 nitrogen and oxygen atoms in total. The van der Waals surface area contributed by atoms with E-state index in [1.165, 1.54) is 30.2 Å². The van der Waals surface area contributed by atoms with Gasteiger partial charge in [0.1, 0.15) is 11.6 Å². The van der Waals surface area contributed by atoms with Crippen LogP contribution < -0.4 is 4.74 Å². The molecule has 1 fully saturated rings. The van der Waals surface area contributed by atoms with E-state index in [0.717, 1.165) is 0 Å². The van der Waals surface area contributed by atoms with Gasteiger partial charge >= 0.3 is 5.97 Å². The smallest absolute Gasteiger partial charge is 0.309 e. The zero-order valence-electron chi connectivity index (χ0n) is 12.1. The summed E-state index contributed by atoms with van der Waals surface area (Å²) in [4.78, 5) is 25.0. The number of amides is 1. The highest BCUT2D eigenvalue weighted by atomic mass is 19.1. The molecule has 0 aliphatic carbocycles. The van der Waals surface area contributed by atoms with Gasteiger partial charge in [-0.05, 0) is 31.9 Å². The second-order valence-electron chi connectivity index (χ2n) is 5.50. The fourth-order valence-corrected chi connectivity index (χ4v) is 2.38. The molecule has 0 saturated carbocycles. The molecule has 21 heavy (non-hydrogen) atoms. The first kappa shape index (κ1) is 15.3. The van der Waals surface area contributed by atoms with E-state index >= 15 is 0 Å². The zero-order chi connectivity index (χ0) is 15.6. The summed E-state index contributed by atoms with van der Waals surface area (Å²) < 4.78 is 18.8. The average molecular weight is 295 g/mol. The lowest BCUT2D eigenvalue weighted by atomic mass is 9.80. The molecule has 0 spiro atoms. The summed E-state index contributed by atoms with van der Waals surface area (Å²) in [6, 6.07) is 4.08. The van der Waals surface area contributed by atoms with Crippen LogP contribution in [0.4, 0.5) is 4.39 Å². The number of rotatable bonds is 3. The molecule has 1 saturated heterocycles. The minimum absolute atomic E-state index is 0.0188. The third-order valence-electron chi connectivity index (χ3n) is 4.08. The Bertz CT molecular complexity index is 565. The Hall–Kier alpha value is -2.11. The number of carbonyl (C=O) groups excluding carboxylic acids is 1. The number of carboxylic acids is 1. The molecule has 1 aromatic rings. The summed E-state index contributed by atoms with van der Waals surface area (Å²) in [5, 5.41) is 9.16. The predicted molar refractivity (Wildman–Crippen MR) is 73.8 cm³/mol. The number of halogens is 1. The number of aliphatic carboxylic acids is 1. The highest BCUT2D eigenvalue weighted by Crippen LogP contribution is 2.32. The van der Waals surface area contributed by atoms with Gasteiger partial charge in [-0.15, -0.1) is 0 Å². The summed E-state index contributed by atoms with van der Waals surface area (Å²) >= 11 is 0. The lowest BCUT2D eigenvalue weighted by molar-refractivity contribution is -0.150. The predicted octanol–water partition coefficient (Wildman–Crippen LogP) is 2.16. The van der Waals surface area contributed by atoms with Crippen LogP contribution in [-0.2, 0) is 4.79 Å².